The topological polar surface area (TPSA) is 61.0 Å². The first-order chi connectivity index (χ1) is 9.36. The van der Waals surface area contributed by atoms with E-state index in [4.69, 9.17) is 10.5 Å². The number of alkyl halides is 3. The smallest absolute Gasteiger partial charge is 0.416 e. The lowest BCUT2D eigenvalue weighted by atomic mass is 10.1. The fourth-order valence-corrected chi connectivity index (χ4v) is 1.37. The van der Waals surface area contributed by atoms with Crippen molar-refractivity contribution in [1.82, 2.24) is 9.97 Å². The number of ether oxygens (including phenoxy) is 1. The number of nitrogens with two attached hydrogens (primary N) is 1. The molecule has 0 aliphatic rings. The van der Waals surface area contributed by atoms with Crippen LogP contribution in [-0.4, -0.2) is 9.97 Å². The first kappa shape index (κ1) is 14.0. The van der Waals surface area contributed by atoms with Crippen LogP contribution in [0.1, 0.15) is 11.1 Å². The number of benzene rings is 1. The average Bonchev–Trinajstić information content (AvgIpc) is 2.40. The van der Waals surface area contributed by atoms with Gasteiger partial charge in [0.2, 0.25) is 0 Å². The van der Waals surface area contributed by atoms with Crippen LogP contribution in [0.2, 0.25) is 0 Å². The van der Waals surface area contributed by atoms with Crippen molar-refractivity contribution in [3.63, 3.8) is 0 Å². The Hall–Kier alpha value is -2.38. The van der Waals surface area contributed by atoms with Gasteiger partial charge in [-0.2, -0.15) is 18.2 Å². The molecule has 8 heteroatoms. The van der Waals surface area contributed by atoms with E-state index in [9.17, 15) is 17.6 Å². The van der Waals surface area contributed by atoms with Crippen molar-refractivity contribution in [3.8, 4) is 6.01 Å². The van der Waals surface area contributed by atoms with Crippen molar-refractivity contribution in [2.75, 3.05) is 5.73 Å². The van der Waals surface area contributed by atoms with Crippen molar-refractivity contribution in [2.24, 2.45) is 0 Å². The number of aromatic nitrogens is 2. The van der Waals surface area contributed by atoms with Crippen molar-refractivity contribution in [2.45, 2.75) is 12.8 Å². The number of nitrogen functional groups attached to an aromatic ring is 1. The van der Waals surface area contributed by atoms with Crippen LogP contribution in [0.4, 0.5) is 23.4 Å². The minimum atomic E-state index is -4.38. The molecule has 2 aromatic rings. The van der Waals surface area contributed by atoms with Crippen molar-refractivity contribution in [3.05, 3.63) is 47.4 Å². The summed E-state index contributed by atoms with van der Waals surface area (Å²) in [6.45, 7) is -0.0524. The molecule has 1 aromatic carbocycles. The second-order valence-electron chi connectivity index (χ2n) is 3.87. The highest BCUT2D eigenvalue weighted by atomic mass is 19.4. The molecule has 2 N–H and O–H groups in total. The van der Waals surface area contributed by atoms with Gasteiger partial charge in [0, 0.05) is 0 Å². The Morgan fingerprint density at radius 1 is 1.15 bits per heavy atom. The number of nitrogens with zero attached hydrogens (tertiary/aromatic N) is 2. The van der Waals surface area contributed by atoms with E-state index in [-0.39, 0.29) is 18.4 Å². The number of halogens is 4. The highest BCUT2D eigenvalue weighted by Gasteiger charge is 2.29. The highest BCUT2D eigenvalue weighted by Crippen LogP contribution is 2.29. The van der Waals surface area contributed by atoms with Gasteiger partial charge in [-0.1, -0.05) is 12.1 Å². The summed E-state index contributed by atoms with van der Waals surface area (Å²) in [7, 11) is 0. The summed E-state index contributed by atoms with van der Waals surface area (Å²) in [6, 6.07) is 4.28. The Morgan fingerprint density at radius 2 is 1.80 bits per heavy atom. The predicted molar refractivity (Wildman–Crippen MR) is 62.2 cm³/mol. The number of hydrogen-bond acceptors (Lipinski definition) is 4. The number of rotatable bonds is 3. The fraction of sp³-hybridized carbons (Fsp3) is 0.167. The second-order valence-corrected chi connectivity index (χ2v) is 3.87. The Bertz CT molecular complexity index is 599. The third-order valence-electron chi connectivity index (χ3n) is 2.40. The van der Waals surface area contributed by atoms with Gasteiger partial charge in [-0.05, 0) is 17.7 Å². The van der Waals surface area contributed by atoms with E-state index >= 15 is 0 Å². The van der Waals surface area contributed by atoms with Gasteiger partial charge in [-0.3, -0.25) is 0 Å². The van der Waals surface area contributed by atoms with Crippen molar-refractivity contribution < 1.29 is 22.3 Å². The van der Waals surface area contributed by atoms with E-state index in [1.54, 1.807) is 0 Å². The molecule has 0 spiro atoms. The number of anilines is 1. The largest absolute Gasteiger partial charge is 0.459 e. The fourth-order valence-electron chi connectivity index (χ4n) is 1.37. The Labute approximate surface area is 111 Å². The maximum atomic E-state index is 12.8. The Morgan fingerprint density at radius 3 is 2.35 bits per heavy atom. The SMILES string of the molecule is Nc1nc(OCc2ccc(C(F)(F)F)cc2)ncc1F. The summed E-state index contributed by atoms with van der Waals surface area (Å²) < 4.78 is 55.0. The van der Waals surface area contributed by atoms with E-state index in [1.807, 2.05) is 0 Å². The molecule has 0 saturated carbocycles. The van der Waals surface area contributed by atoms with E-state index < -0.39 is 17.6 Å². The average molecular weight is 287 g/mol. The summed E-state index contributed by atoms with van der Waals surface area (Å²) in [5.41, 5.74) is 4.97. The molecule has 0 radical (unpaired) electrons. The molecule has 106 valence electrons. The predicted octanol–water partition coefficient (Wildman–Crippen LogP) is 2.80. The third kappa shape index (κ3) is 3.34. The third-order valence-corrected chi connectivity index (χ3v) is 2.40. The standard InChI is InChI=1S/C12H9F4N3O/c13-9-5-18-11(19-10(9)17)20-6-7-1-3-8(4-2-7)12(14,15)16/h1-5H,6H2,(H2,17,18,19). The molecule has 0 amide bonds. The van der Waals surface area contributed by atoms with E-state index in [0.29, 0.717) is 5.56 Å². The molecule has 1 aromatic heterocycles. The van der Waals surface area contributed by atoms with Gasteiger partial charge in [-0.15, -0.1) is 0 Å². The van der Waals surface area contributed by atoms with E-state index in [1.165, 1.54) is 12.1 Å². The van der Waals surface area contributed by atoms with E-state index in [0.717, 1.165) is 18.3 Å². The van der Waals surface area contributed by atoms with Crippen molar-refractivity contribution in [1.29, 1.82) is 0 Å². The summed E-state index contributed by atoms with van der Waals surface area (Å²) >= 11 is 0. The van der Waals surface area contributed by atoms with Gasteiger partial charge >= 0.3 is 12.2 Å². The Kier molecular flexibility index (Phi) is 3.73. The zero-order chi connectivity index (χ0) is 14.8. The zero-order valence-electron chi connectivity index (χ0n) is 9.99. The van der Waals surface area contributed by atoms with Crippen LogP contribution >= 0.6 is 0 Å². The minimum absolute atomic E-state index is 0.0524. The van der Waals surface area contributed by atoms with E-state index in [2.05, 4.69) is 9.97 Å². The van der Waals surface area contributed by atoms with Gasteiger partial charge in [0.1, 0.15) is 6.61 Å². The van der Waals surface area contributed by atoms with Crippen LogP contribution in [0.3, 0.4) is 0 Å². The van der Waals surface area contributed by atoms with Gasteiger partial charge in [0.25, 0.3) is 0 Å². The van der Waals surface area contributed by atoms with Crippen LogP contribution in [0.25, 0.3) is 0 Å². The molecular formula is C12H9F4N3O. The normalized spacial score (nSPS) is 11.4. The molecule has 0 aliphatic carbocycles. The molecule has 0 aliphatic heterocycles. The molecule has 0 unspecified atom stereocenters. The van der Waals surface area contributed by atoms with Crippen LogP contribution in [0.5, 0.6) is 6.01 Å². The molecule has 0 fully saturated rings. The summed E-state index contributed by atoms with van der Waals surface area (Å²) in [5, 5.41) is 0. The summed E-state index contributed by atoms with van der Waals surface area (Å²) in [6.07, 6.45) is -3.53. The molecule has 0 saturated heterocycles. The molecule has 0 bridgehead atoms. The van der Waals surface area contributed by atoms with Gasteiger partial charge < -0.3 is 10.5 Å². The molecule has 4 nitrogen and oxygen atoms in total. The van der Waals surface area contributed by atoms with Gasteiger partial charge in [0.15, 0.2) is 11.6 Å². The maximum Gasteiger partial charge on any atom is 0.416 e. The maximum absolute atomic E-state index is 12.8. The quantitative estimate of drug-likeness (QED) is 0.882. The molecule has 0 atom stereocenters. The summed E-state index contributed by atoms with van der Waals surface area (Å²) in [4.78, 5) is 7.08. The zero-order valence-corrected chi connectivity index (χ0v) is 9.99. The lowest BCUT2D eigenvalue weighted by molar-refractivity contribution is -0.137. The monoisotopic (exact) mass is 287 g/mol. The van der Waals surface area contributed by atoms with Crippen LogP contribution in [0.15, 0.2) is 30.5 Å². The number of hydrogen-bond donors (Lipinski definition) is 1. The second kappa shape index (κ2) is 5.32. The molecule has 1 heterocycles. The molecular weight excluding hydrogens is 278 g/mol. The van der Waals surface area contributed by atoms with Crippen LogP contribution in [-0.2, 0) is 12.8 Å². The lowest BCUT2D eigenvalue weighted by Crippen LogP contribution is -2.06. The Balaban J connectivity index is 2.02. The van der Waals surface area contributed by atoms with Gasteiger partial charge in [-0.25, -0.2) is 9.37 Å². The lowest BCUT2D eigenvalue weighted by Gasteiger charge is -2.08. The van der Waals surface area contributed by atoms with Crippen LogP contribution in [0, 0.1) is 5.82 Å². The first-order valence-electron chi connectivity index (χ1n) is 5.43. The van der Waals surface area contributed by atoms with Crippen molar-refractivity contribution >= 4 is 5.82 Å². The molecule has 2 rings (SSSR count). The highest BCUT2D eigenvalue weighted by molar-refractivity contribution is 5.29. The summed E-state index contributed by atoms with van der Waals surface area (Å²) in [5.74, 6) is -1.13. The molecule has 20 heavy (non-hydrogen) atoms. The minimum Gasteiger partial charge on any atom is -0.459 e. The van der Waals surface area contributed by atoms with Gasteiger partial charge in [0.05, 0.1) is 11.8 Å². The first-order valence-corrected chi connectivity index (χ1v) is 5.43. The van der Waals surface area contributed by atoms with Crippen LogP contribution < -0.4 is 10.5 Å².